The van der Waals surface area contributed by atoms with Gasteiger partial charge < -0.3 is 4.74 Å². The quantitative estimate of drug-likeness (QED) is 0.652. The second-order valence-corrected chi connectivity index (χ2v) is 6.23. The summed E-state index contributed by atoms with van der Waals surface area (Å²) in [6.45, 7) is 0.752. The zero-order valence-electron chi connectivity index (χ0n) is 11.5. The molecule has 0 aliphatic heterocycles. The summed E-state index contributed by atoms with van der Waals surface area (Å²) < 4.78 is 6.17. The molecule has 0 N–H and O–H groups in total. The lowest BCUT2D eigenvalue weighted by Gasteiger charge is -2.11. The second-order valence-electron chi connectivity index (χ2n) is 4.79. The summed E-state index contributed by atoms with van der Waals surface area (Å²) >= 11 is 10.00. The fourth-order valence-corrected chi connectivity index (χ4v) is 2.87. The van der Waals surface area contributed by atoms with Crippen molar-refractivity contribution in [3.63, 3.8) is 0 Å². The lowest BCUT2D eigenvalue weighted by molar-refractivity contribution is 0.202. The smallest absolute Gasteiger partial charge is 0.0625 e. The Bertz CT molecular complexity index is 539. The molecule has 0 aliphatic rings. The van der Waals surface area contributed by atoms with E-state index in [0.29, 0.717) is 0 Å². The van der Waals surface area contributed by atoms with Gasteiger partial charge in [-0.15, -0.1) is 11.6 Å². The van der Waals surface area contributed by atoms with E-state index in [-0.39, 0.29) is 5.38 Å². The highest BCUT2D eigenvalue weighted by atomic mass is 79.9. The van der Waals surface area contributed by atoms with Crippen LogP contribution >= 0.6 is 27.5 Å². The van der Waals surface area contributed by atoms with Crippen LogP contribution in [0.4, 0.5) is 0 Å². The molecule has 2 aromatic carbocycles. The average Bonchev–Trinajstić information content (AvgIpc) is 2.45. The highest BCUT2D eigenvalue weighted by Crippen LogP contribution is 2.26. The molecule has 0 aromatic heterocycles. The van der Waals surface area contributed by atoms with Crippen LogP contribution in [0.15, 0.2) is 53.0 Å². The molecule has 0 saturated carbocycles. The first-order valence-electron chi connectivity index (χ1n) is 6.65. The van der Waals surface area contributed by atoms with Crippen LogP contribution in [0.1, 0.15) is 22.1 Å². The molecule has 1 nitrogen and oxygen atoms in total. The highest BCUT2D eigenvalue weighted by molar-refractivity contribution is 9.10. The molecule has 3 heteroatoms. The molecule has 0 saturated heterocycles. The van der Waals surface area contributed by atoms with Gasteiger partial charge in [0.2, 0.25) is 0 Å². The van der Waals surface area contributed by atoms with Crippen LogP contribution in [0.2, 0.25) is 0 Å². The molecule has 0 amide bonds. The fraction of sp³-hybridized carbons (Fsp3) is 0.294. The van der Waals surface area contributed by atoms with E-state index in [4.69, 9.17) is 16.3 Å². The van der Waals surface area contributed by atoms with Crippen molar-refractivity contribution in [2.75, 3.05) is 13.7 Å². The molecule has 0 fully saturated rings. The fourth-order valence-electron chi connectivity index (χ4n) is 2.10. The molecule has 0 radical (unpaired) electrons. The van der Waals surface area contributed by atoms with Crippen molar-refractivity contribution in [2.45, 2.75) is 18.2 Å². The first kappa shape index (κ1) is 15.6. The molecule has 2 aromatic rings. The zero-order chi connectivity index (χ0) is 14.4. The molecule has 2 rings (SSSR count). The van der Waals surface area contributed by atoms with Gasteiger partial charge in [0, 0.05) is 11.6 Å². The summed E-state index contributed by atoms with van der Waals surface area (Å²) in [6, 6.07) is 16.8. The standard InChI is InChI=1S/C17H18BrClO/c1-20-10-9-13-5-7-15(8-6-13)17(19)12-14-3-2-4-16(18)11-14/h2-8,11,17H,9-10,12H2,1H3. The Kier molecular flexibility index (Phi) is 6.08. The van der Waals surface area contributed by atoms with E-state index in [0.717, 1.165) is 29.5 Å². The van der Waals surface area contributed by atoms with Gasteiger partial charge in [-0.1, -0.05) is 52.3 Å². The molecular weight excluding hydrogens is 336 g/mol. The Hall–Kier alpha value is -0.830. The van der Waals surface area contributed by atoms with E-state index in [2.05, 4.69) is 52.3 Å². The van der Waals surface area contributed by atoms with Gasteiger partial charge in [0.25, 0.3) is 0 Å². The van der Waals surface area contributed by atoms with E-state index in [1.807, 2.05) is 12.1 Å². The molecule has 0 heterocycles. The summed E-state index contributed by atoms with van der Waals surface area (Å²) in [6.07, 6.45) is 1.77. The van der Waals surface area contributed by atoms with Crippen LogP contribution in [0, 0.1) is 0 Å². The van der Waals surface area contributed by atoms with Crippen LogP contribution in [-0.2, 0) is 17.6 Å². The van der Waals surface area contributed by atoms with Gasteiger partial charge in [-0.05, 0) is 41.7 Å². The second kappa shape index (κ2) is 7.82. The van der Waals surface area contributed by atoms with Gasteiger partial charge >= 0.3 is 0 Å². The molecule has 1 unspecified atom stereocenters. The zero-order valence-corrected chi connectivity index (χ0v) is 13.8. The number of benzene rings is 2. The van der Waals surface area contributed by atoms with Crippen molar-refractivity contribution >= 4 is 27.5 Å². The van der Waals surface area contributed by atoms with Crippen molar-refractivity contribution in [3.8, 4) is 0 Å². The minimum Gasteiger partial charge on any atom is -0.384 e. The molecule has 0 aliphatic carbocycles. The Morgan fingerprint density at radius 1 is 1.10 bits per heavy atom. The van der Waals surface area contributed by atoms with E-state index < -0.39 is 0 Å². The van der Waals surface area contributed by atoms with E-state index in [1.54, 1.807) is 7.11 Å². The van der Waals surface area contributed by atoms with Crippen molar-refractivity contribution in [3.05, 3.63) is 69.7 Å². The number of hydrogen-bond donors (Lipinski definition) is 0. The van der Waals surface area contributed by atoms with Crippen LogP contribution in [0.25, 0.3) is 0 Å². The first-order chi connectivity index (χ1) is 9.69. The van der Waals surface area contributed by atoms with E-state index in [9.17, 15) is 0 Å². The van der Waals surface area contributed by atoms with Gasteiger partial charge in [-0.2, -0.15) is 0 Å². The molecular formula is C17H18BrClO. The van der Waals surface area contributed by atoms with Crippen molar-refractivity contribution in [1.82, 2.24) is 0 Å². The number of rotatable bonds is 6. The van der Waals surface area contributed by atoms with E-state index in [1.165, 1.54) is 11.1 Å². The lowest BCUT2D eigenvalue weighted by Crippen LogP contribution is -1.98. The third-order valence-electron chi connectivity index (χ3n) is 3.24. The number of methoxy groups -OCH3 is 1. The maximum Gasteiger partial charge on any atom is 0.0625 e. The number of ether oxygens (including phenoxy) is 1. The van der Waals surface area contributed by atoms with Gasteiger partial charge in [0.1, 0.15) is 0 Å². The van der Waals surface area contributed by atoms with Gasteiger partial charge in [0.15, 0.2) is 0 Å². The Morgan fingerprint density at radius 2 is 1.85 bits per heavy atom. The molecule has 1 atom stereocenters. The van der Waals surface area contributed by atoms with Crippen LogP contribution in [0.5, 0.6) is 0 Å². The van der Waals surface area contributed by atoms with Crippen molar-refractivity contribution in [2.24, 2.45) is 0 Å². The largest absolute Gasteiger partial charge is 0.384 e. The maximum absolute atomic E-state index is 6.51. The Labute approximate surface area is 134 Å². The average molecular weight is 354 g/mol. The molecule has 0 bridgehead atoms. The first-order valence-corrected chi connectivity index (χ1v) is 7.88. The summed E-state index contributed by atoms with van der Waals surface area (Å²) in [4.78, 5) is 0. The Morgan fingerprint density at radius 3 is 2.50 bits per heavy atom. The summed E-state index contributed by atoms with van der Waals surface area (Å²) in [5.74, 6) is 0. The van der Waals surface area contributed by atoms with E-state index >= 15 is 0 Å². The third kappa shape index (κ3) is 4.62. The number of alkyl halides is 1. The lowest BCUT2D eigenvalue weighted by atomic mass is 10.0. The van der Waals surface area contributed by atoms with Crippen LogP contribution in [-0.4, -0.2) is 13.7 Å². The maximum atomic E-state index is 6.51. The van der Waals surface area contributed by atoms with Gasteiger partial charge in [-0.25, -0.2) is 0 Å². The Balaban J connectivity index is 2.00. The topological polar surface area (TPSA) is 9.23 Å². The van der Waals surface area contributed by atoms with Gasteiger partial charge in [0.05, 0.1) is 12.0 Å². The number of halogens is 2. The SMILES string of the molecule is COCCc1ccc(C(Cl)Cc2cccc(Br)c2)cc1. The number of hydrogen-bond acceptors (Lipinski definition) is 1. The third-order valence-corrected chi connectivity index (χ3v) is 4.14. The van der Waals surface area contributed by atoms with Gasteiger partial charge in [-0.3, -0.25) is 0 Å². The van der Waals surface area contributed by atoms with Crippen molar-refractivity contribution in [1.29, 1.82) is 0 Å². The minimum atomic E-state index is 0.000718. The van der Waals surface area contributed by atoms with Crippen LogP contribution < -0.4 is 0 Å². The van der Waals surface area contributed by atoms with Crippen molar-refractivity contribution < 1.29 is 4.74 Å². The predicted octanol–water partition coefficient (Wildman–Crippen LogP) is 5.16. The molecule has 0 spiro atoms. The monoisotopic (exact) mass is 352 g/mol. The predicted molar refractivity (Wildman–Crippen MR) is 88.5 cm³/mol. The summed E-state index contributed by atoms with van der Waals surface area (Å²) in [7, 11) is 1.72. The molecule has 20 heavy (non-hydrogen) atoms. The highest BCUT2D eigenvalue weighted by Gasteiger charge is 2.09. The minimum absolute atomic E-state index is 0.000718. The van der Waals surface area contributed by atoms with Crippen LogP contribution in [0.3, 0.4) is 0 Å². The summed E-state index contributed by atoms with van der Waals surface area (Å²) in [5, 5.41) is 0.000718. The normalized spacial score (nSPS) is 12.3. The summed E-state index contributed by atoms with van der Waals surface area (Å²) in [5.41, 5.74) is 3.68. The molecule has 106 valence electrons.